The second kappa shape index (κ2) is 7.53. The third kappa shape index (κ3) is 3.62. The Balaban J connectivity index is 2.40. The van der Waals surface area contributed by atoms with Crippen molar-refractivity contribution >= 4 is 29.3 Å². The van der Waals surface area contributed by atoms with E-state index in [1.807, 2.05) is 13.8 Å². The van der Waals surface area contributed by atoms with Crippen molar-refractivity contribution < 1.29 is 19.0 Å². The number of nitrogens with one attached hydrogen (secondary N) is 1. The summed E-state index contributed by atoms with van der Waals surface area (Å²) in [7, 11) is 4.67. The van der Waals surface area contributed by atoms with Gasteiger partial charge in [0, 0.05) is 18.2 Å². The Labute approximate surface area is 147 Å². The van der Waals surface area contributed by atoms with Gasteiger partial charge in [0.15, 0.2) is 16.6 Å². The van der Waals surface area contributed by atoms with Crippen molar-refractivity contribution in [2.24, 2.45) is 5.92 Å². The Hall–Kier alpha value is -2.28. The molecule has 24 heavy (non-hydrogen) atoms. The van der Waals surface area contributed by atoms with E-state index in [0.717, 1.165) is 0 Å². The van der Waals surface area contributed by atoms with Crippen molar-refractivity contribution in [3.05, 3.63) is 23.4 Å². The van der Waals surface area contributed by atoms with E-state index in [2.05, 4.69) is 5.32 Å². The molecule has 130 valence electrons. The number of methoxy groups -OCH3 is 3. The van der Waals surface area contributed by atoms with Crippen molar-refractivity contribution in [3.8, 4) is 17.2 Å². The normalized spacial score (nSPS) is 15.9. The molecule has 1 N–H and O–H groups in total. The van der Waals surface area contributed by atoms with Crippen molar-refractivity contribution in [3.63, 3.8) is 0 Å². The Bertz CT molecular complexity index is 685. The quantitative estimate of drug-likeness (QED) is 0.628. The molecule has 2 rings (SSSR count). The monoisotopic (exact) mass is 350 g/mol. The summed E-state index contributed by atoms with van der Waals surface area (Å²) in [6, 6.07) is 3.47. The highest BCUT2D eigenvalue weighted by molar-refractivity contribution is 7.80. The lowest BCUT2D eigenvalue weighted by atomic mass is 10.1. The highest BCUT2D eigenvalue weighted by Crippen LogP contribution is 2.35. The largest absolute Gasteiger partial charge is 0.496 e. The van der Waals surface area contributed by atoms with E-state index in [1.165, 1.54) is 0 Å². The molecule has 1 aromatic carbocycles. The molecule has 1 saturated heterocycles. The van der Waals surface area contributed by atoms with Crippen LogP contribution < -0.4 is 19.5 Å². The SMILES string of the molecule is COc1cc(OC)c(OC)cc1/C=C1/NC(=S)N(CC(C)C)C1=O. The minimum atomic E-state index is -0.148. The Morgan fingerprint density at radius 2 is 1.71 bits per heavy atom. The fourth-order valence-electron chi connectivity index (χ4n) is 2.42. The van der Waals surface area contributed by atoms with Crippen molar-refractivity contribution in [2.75, 3.05) is 27.9 Å². The van der Waals surface area contributed by atoms with Crippen molar-refractivity contribution in [1.82, 2.24) is 10.2 Å². The van der Waals surface area contributed by atoms with Crippen LogP contribution in [0.1, 0.15) is 19.4 Å². The summed E-state index contributed by atoms with van der Waals surface area (Å²) in [5.41, 5.74) is 1.10. The summed E-state index contributed by atoms with van der Waals surface area (Å²) in [6.07, 6.45) is 1.70. The summed E-state index contributed by atoms with van der Waals surface area (Å²) >= 11 is 5.26. The average molecular weight is 350 g/mol. The third-order valence-electron chi connectivity index (χ3n) is 3.55. The topological polar surface area (TPSA) is 60.0 Å². The molecule has 0 atom stereocenters. The van der Waals surface area contributed by atoms with Crippen LogP contribution in [-0.4, -0.2) is 43.8 Å². The predicted molar refractivity (Wildman–Crippen MR) is 96.4 cm³/mol. The fourth-order valence-corrected chi connectivity index (χ4v) is 2.69. The van der Waals surface area contributed by atoms with Crippen molar-refractivity contribution in [2.45, 2.75) is 13.8 Å². The van der Waals surface area contributed by atoms with Gasteiger partial charge in [0.25, 0.3) is 5.91 Å². The zero-order valence-electron chi connectivity index (χ0n) is 14.5. The van der Waals surface area contributed by atoms with E-state index in [0.29, 0.717) is 46.1 Å². The number of thiocarbonyl (C=S) groups is 1. The van der Waals surface area contributed by atoms with Crippen LogP contribution in [-0.2, 0) is 4.79 Å². The number of nitrogens with zero attached hydrogens (tertiary/aromatic N) is 1. The first-order valence-corrected chi connectivity index (χ1v) is 7.96. The number of carbonyl (C=O) groups is 1. The molecule has 0 aromatic heterocycles. The third-order valence-corrected chi connectivity index (χ3v) is 3.87. The van der Waals surface area contributed by atoms with Gasteiger partial charge in [-0.15, -0.1) is 0 Å². The lowest BCUT2D eigenvalue weighted by Crippen LogP contribution is -2.33. The molecule has 1 fully saturated rings. The van der Waals surface area contributed by atoms with Gasteiger partial charge in [-0.2, -0.15) is 0 Å². The zero-order valence-corrected chi connectivity index (χ0v) is 15.3. The van der Waals surface area contributed by atoms with Gasteiger partial charge in [-0.05, 0) is 30.3 Å². The van der Waals surface area contributed by atoms with Gasteiger partial charge in [-0.3, -0.25) is 9.69 Å². The second-order valence-corrected chi connectivity index (χ2v) is 6.13. The first-order valence-electron chi connectivity index (χ1n) is 7.55. The second-order valence-electron chi connectivity index (χ2n) is 5.75. The minimum Gasteiger partial charge on any atom is -0.496 e. The molecule has 0 aliphatic carbocycles. The van der Waals surface area contributed by atoms with Gasteiger partial charge in [0.05, 0.1) is 21.3 Å². The zero-order chi connectivity index (χ0) is 17.9. The molecule has 1 amide bonds. The maximum absolute atomic E-state index is 12.5. The predicted octanol–water partition coefficient (Wildman–Crippen LogP) is 2.43. The smallest absolute Gasteiger partial charge is 0.276 e. The number of amides is 1. The molecule has 0 bridgehead atoms. The molecule has 1 aliphatic heterocycles. The van der Waals surface area contributed by atoms with E-state index in [4.69, 9.17) is 26.4 Å². The van der Waals surface area contributed by atoms with E-state index in [-0.39, 0.29) is 5.91 Å². The molecule has 1 heterocycles. The summed E-state index contributed by atoms with van der Waals surface area (Å²) < 4.78 is 16.0. The van der Waals surface area contributed by atoms with Crippen LogP contribution in [0.15, 0.2) is 17.8 Å². The molecule has 7 heteroatoms. The molecule has 0 radical (unpaired) electrons. The van der Waals surface area contributed by atoms with Crippen LogP contribution in [0, 0.1) is 5.92 Å². The Morgan fingerprint density at radius 1 is 1.12 bits per heavy atom. The summed E-state index contributed by atoms with van der Waals surface area (Å²) in [6.45, 7) is 4.65. The summed E-state index contributed by atoms with van der Waals surface area (Å²) in [5, 5.41) is 3.38. The van der Waals surface area contributed by atoms with Crippen LogP contribution in [0.3, 0.4) is 0 Å². The van der Waals surface area contributed by atoms with Gasteiger partial charge in [-0.25, -0.2) is 0 Å². The number of hydrogen-bond acceptors (Lipinski definition) is 5. The first kappa shape index (κ1) is 18.1. The highest BCUT2D eigenvalue weighted by Gasteiger charge is 2.31. The van der Waals surface area contributed by atoms with E-state index in [1.54, 1.807) is 44.4 Å². The van der Waals surface area contributed by atoms with E-state index in [9.17, 15) is 4.79 Å². The highest BCUT2D eigenvalue weighted by atomic mass is 32.1. The van der Waals surface area contributed by atoms with Crippen LogP contribution in [0.2, 0.25) is 0 Å². The van der Waals surface area contributed by atoms with Gasteiger partial charge in [0.1, 0.15) is 11.4 Å². The maximum Gasteiger partial charge on any atom is 0.276 e. The van der Waals surface area contributed by atoms with Gasteiger partial charge >= 0.3 is 0 Å². The summed E-state index contributed by atoms with van der Waals surface area (Å²) in [4.78, 5) is 14.1. The lowest BCUT2D eigenvalue weighted by Gasteiger charge is -2.16. The number of carbonyl (C=O) groups excluding carboxylic acids is 1. The van der Waals surface area contributed by atoms with Crippen LogP contribution in [0.25, 0.3) is 6.08 Å². The molecule has 0 spiro atoms. The molecular formula is C17H22N2O4S. The molecule has 0 saturated carbocycles. The standard InChI is InChI=1S/C17H22N2O4S/c1-10(2)9-19-16(20)12(18-17(19)24)6-11-7-14(22-4)15(23-5)8-13(11)21-3/h6-8,10H,9H2,1-5H3,(H,18,24)/b12-6+. The summed E-state index contributed by atoms with van der Waals surface area (Å²) in [5.74, 6) is 1.86. The number of rotatable bonds is 6. The fraction of sp³-hybridized carbons (Fsp3) is 0.412. The minimum absolute atomic E-state index is 0.148. The van der Waals surface area contributed by atoms with E-state index >= 15 is 0 Å². The van der Waals surface area contributed by atoms with Gasteiger partial charge in [-0.1, -0.05) is 13.8 Å². The molecule has 0 unspecified atom stereocenters. The Kier molecular flexibility index (Phi) is 5.66. The number of benzene rings is 1. The first-order chi connectivity index (χ1) is 11.4. The van der Waals surface area contributed by atoms with E-state index < -0.39 is 0 Å². The average Bonchev–Trinajstić information content (AvgIpc) is 2.81. The van der Waals surface area contributed by atoms with Gasteiger partial charge in [0.2, 0.25) is 0 Å². The van der Waals surface area contributed by atoms with Crippen LogP contribution >= 0.6 is 12.2 Å². The molecule has 6 nitrogen and oxygen atoms in total. The Morgan fingerprint density at radius 3 is 2.25 bits per heavy atom. The maximum atomic E-state index is 12.5. The number of ether oxygens (including phenoxy) is 3. The molecule has 1 aromatic rings. The molecule has 1 aliphatic rings. The van der Waals surface area contributed by atoms with Crippen LogP contribution in [0.4, 0.5) is 0 Å². The lowest BCUT2D eigenvalue weighted by molar-refractivity contribution is -0.122. The van der Waals surface area contributed by atoms with Crippen molar-refractivity contribution in [1.29, 1.82) is 0 Å². The van der Waals surface area contributed by atoms with Gasteiger partial charge < -0.3 is 19.5 Å². The van der Waals surface area contributed by atoms with Crippen LogP contribution in [0.5, 0.6) is 17.2 Å². The number of hydrogen-bond donors (Lipinski definition) is 1. The molecular weight excluding hydrogens is 328 g/mol.